The molecule has 74 valence electrons. The standard InChI is InChI=1S/C9H14N2.C2H6/c1-8-5-4-6-9(10-8)7-11(2)3;1-2/h4-6H,7H2,1-3H3;1-2H3. The summed E-state index contributed by atoms with van der Waals surface area (Å²) in [6.07, 6.45) is 0. The number of pyridine rings is 1. The molecule has 1 aromatic heterocycles. The van der Waals surface area contributed by atoms with Gasteiger partial charge in [0.2, 0.25) is 0 Å². The number of hydrogen-bond acceptors (Lipinski definition) is 2. The van der Waals surface area contributed by atoms with Crippen molar-refractivity contribution in [2.75, 3.05) is 14.1 Å². The maximum Gasteiger partial charge on any atom is 0.0546 e. The molecule has 0 saturated heterocycles. The predicted molar refractivity (Wildman–Crippen MR) is 57.7 cm³/mol. The molecule has 0 aromatic carbocycles. The molecule has 0 aliphatic rings. The zero-order valence-corrected chi connectivity index (χ0v) is 9.33. The van der Waals surface area contributed by atoms with Crippen LogP contribution in [0, 0.1) is 6.92 Å². The van der Waals surface area contributed by atoms with Crippen LogP contribution in [0.3, 0.4) is 0 Å². The molecule has 1 rings (SSSR count). The smallest absolute Gasteiger partial charge is 0.0546 e. The molecular formula is C11H20N2. The highest BCUT2D eigenvalue weighted by molar-refractivity contribution is 5.09. The third-order valence-electron chi connectivity index (χ3n) is 1.42. The molecule has 0 aliphatic carbocycles. The summed E-state index contributed by atoms with van der Waals surface area (Å²) in [7, 11) is 4.09. The number of hydrogen-bond donors (Lipinski definition) is 0. The highest BCUT2D eigenvalue weighted by Crippen LogP contribution is 1.99. The van der Waals surface area contributed by atoms with Gasteiger partial charge in [-0.1, -0.05) is 19.9 Å². The van der Waals surface area contributed by atoms with E-state index >= 15 is 0 Å². The lowest BCUT2D eigenvalue weighted by Gasteiger charge is -2.08. The molecule has 0 N–H and O–H groups in total. The molecule has 0 aliphatic heterocycles. The van der Waals surface area contributed by atoms with Crippen LogP contribution in [0.5, 0.6) is 0 Å². The van der Waals surface area contributed by atoms with Gasteiger partial charge in [-0.3, -0.25) is 4.98 Å². The third kappa shape index (κ3) is 5.36. The lowest BCUT2D eigenvalue weighted by atomic mass is 10.3. The summed E-state index contributed by atoms with van der Waals surface area (Å²) in [5, 5.41) is 0. The van der Waals surface area contributed by atoms with Crippen molar-refractivity contribution in [2.24, 2.45) is 0 Å². The van der Waals surface area contributed by atoms with Crippen LogP contribution in [0.1, 0.15) is 25.2 Å². The van der Waals surface area contributed by atoms with Gasteiger partial charge in [-0.05, 0) is 33.2 Å². The van der Waals surface area contributed by atoms with E-state index in [1.807, 2.05) is 53.1 Å². The summed E-state index contributed by atoms with van der Waals surface area (Å²) in [5.74, 6) is 0. The highest BCUT2D eigenvalue weighted by atomic mass is 15.1. The zero-order valence-electron chi connectivity index (χ0n) is 9.33. The maximum atomic E-state index is 4.37. The molecule has 0 amide bonds. The molecule has 2 heteroatoms. The summed E-state index contributed by atoms with van der Waals surface area (Å²) in [6.45, 7) is 6.93. The summed E-state index contributed by atoms with van der Waals surface area (Å²) in [5.41, 5.74) is 2.22. The van der Waals surface area contributed by atoms with Crippen molar-refractivity contribution in [3.8, 4) is 0 Å². The minimum atomic E-state index is 0.918. The Balaban J connectivity index is 0.000000671. The Bertz CT molecular complexity index is 231. The molecule has 13 heavy (non-hydrogen) atoms. The van der Waals surface area contributed by atoms with Gasteiger partial charge in [-0.2, -0.15) is 0 Å². The quantitative estimate of drug-likeness (QED) is 0.695. The van der Waals surface area contributed by atoms with E-state index in [2.05, 4.69) is 9.88 Å². The second-order valence-electron chi connectivity index (χ2n) is 3.01. The highest BCUT2D eigenvalue weighted by Gasteiger charge is 1.94. The Morgan fingerprint density at radius 2 is 1.85 bits per heavy atom. The Kier molecular flexibility index (Phi) is 6.15. The average molecular weight is 180 g/mol. The molecule has 0 atom stereocenters. The van der Waals surface area contributed by atoms with Crippen LogP contribution < -0.4 is 0 Å². The summed E-state index contributed by atoms with van der Waals surface area (Å²) in [4.78, 5) is 6.48. The second kappa shape index (κ2) is 6.61. The van der Waals surface area contributed by atoms with Crippen molar-refractivity contribution in [3.63, 3.8) is 0 Å². The van der Waals surface area contributed by atoms with Crippen molar-refractivity contribution < 1.29 is 0 Å². The van der Waals surface area contributed by atoms with E-state index in [1.54, 1.807) is 0 Å². The minimum Gasteiger partial charge on any atom is -0.304 e. The Labute approximate surface area is 81.6 Å². The van der Waals surface area contributed by atoms with Crippen LogP contribution in [0.4, 0.5) is 0 Å². The number of aryl methyl sites for hydroxylation is 1. The molecule has 2 nitrogen and oxygen atoms in total. The first-order valence-electron chi connectivity index (χ1n) is 4.76. The SMILES string of the molecule is CC.Cc1cccc(CN(C)C)n1. The van der Waals surface area contributed by atoms with Crippen molar-refractivity contribution in [1.29, 1.82) is 0 Å². The summed E-state index contributed by atoms with van der Waals surface area (Å²) >= 11 is 0. The van der Waals surface area contributed by atoms with Crippen molar-refractivity contribution in [3.05, 3.63) is 29.6 Å². The van der Waals surface area contributed by atoms with Gasteiger partial charge >= 0.3 is 0 Å². The lowest BCUT2D eigenvalue weighted by molar-refractivity contribution is 0.396. The first kappa shape index (κ1) is 12.1. The van der Waals surface area contributed by atoms with Crippen LogP contribution in [-0.2, 0) is 6.54 Å². The van der Waals surface area contributed by atoms with Crippen molar-refractivity contribution in [2.45, 2.75) is 27.3 Å². The molecule has 0 spiro atoms. The minimum absolute atomic E-state index is 0.918. The molecule has 1 heterocycles. The van der Waals surface area contributed by atoms with Gasteiger partial charge in [0.15, 0.2) is 0 Å². The van der Waals surface area contributed by atoms with Crippen LogP contribution >= 0.6 is 0 Å². The predicted octanol–water partition coefficient (Wildman–Crippen LogP) is 2.48. The van der Waals surface area contributed by atoms with Gasteiger partial charge in [-0.25, -0.2) is 0 Å². The Morgan fingerprint density at radius 3 is 2.31 bits per heavy atom. The molecule has 0 unspecified atom stereocenters. The average Bonchev–Trinajstić information content (AvgIpc) is 2.06. The lowest BCUT2D eigenvalue weighted by Crippen LogP contribution is -2.11. The Hall–Kier alpha value is -0.890. The third-order valence-corrected chi connectivity index (χ3v) is 1.42. The van der Waals surface area contributed by atoms with Gasteiger partial charge in [0, 0.05) is 12.2 Å². The second-order valence-corrected chi connectivity index (χ2v) is 3.01. The van der Waals surface area contributed by atoms with E-state index in [4.69, 9.17) is 0 Å². The summed E-state index contributed by atoms with van der Waals surface area (Å²) < 4.78 is 0. The maximum absolute atomic E-state index is 4.37. The molecule has 0 bridgehead atoms. The van der Waals surface area contributed by atoms with Gasteiger partial charge < -0.3 is 4.90 Å². The van der Waals surface area contributed by atoms with Crippen LogP contribution in [-0.4, -0.2) is 24.0 Å². The van der Waals surface area contributed by atoms with E-state index in [0.29, 0.717) is 0 Å². The molecule has 0 fully saturated rings. The van der Waals surface area contributed by atoms with E-state index in [-0.39, 0.29) is 0 Å². The first-order chi connectivity index (χ1) is 6.18. The van der Waals surface area contributed by atoms with Gasteiger partial charge in [0.25, 0.3) is 0 Å². The van der Waals surface area contributed by atoms with Gasteiger partial charge in [0.05, 0.1) is 5.69 Å². The number of aromatic nitrogens is 1. The van der Waals surface area contributed by atoms with Crippen LogP contribution in [0.2, 0.25) is 0 Å². The van der Waals surface area contributed by atoms with E-state index in [9.17, 15) is 0 Å². The normalized spacial score (nSPS) is 9.38. The largest absolute Gasteiger partial charge is 0.304 e. The topological polar surface area (TPSA) is 16.1 Å². The van der Waals surface area contributed by atoms with Crippen LogP contribution in [0.15, 0.2) is 18.2 Å². The van der Waals surface area contributed by atoms with Crippen molar-refractivity contribution in [1.82, 2.24) is 9.88 Å². The fourth-order valence-electron chi connectivity index (χ4n) is 1.01. The molecule has 1 aromatic rings. The molecule has 0 saturated carbocycles. The number of rotatable bonds is 2. The summed E-state index contributed by atoms with van der Waals surface area (Å²) in [6, 6.07) is 6.10. The monoisotopic (exact) mass is 180 g/mol. The van der Waals surface area contributed by atoms with Gasteiger partial charge in [0.1, 0.15) is 0 Å². The molecular weight excluding hydrogens is 160 g/mol. The fourth-order valence-corrected chi connectivity index (χ4v) is 1.01. The fraction of sp³-hybridized carbons (Fsp3) is 0.545. The first-order valence-corrected chi connectivity index (χ1v) is 4.76. The van der Waals surface area contributed by atoms with Crippen molar-refractivity contribution >= 4 is 0 Å². The Morgan fingerprint density at radius 1 is 1.23 bits per heavy atom. The molecule has 0 radical (unpaired) electrons. The van der Waals surface area contributed by atoms with E-state index < -0.39 is 0 Å². The van der Waals surface area contributed by atoms with Gasteiger partial charge in [-0.15, -0.1) is 0 Å². The number of nitrogens with zero attached hydrogens (tertiary/aromatic N) is 2. The van der Waals surface area contributed by atoms with E-state index in [1.165, 1.54) is 0 Å². The van der Waals surface area contributed by atoms with E-state index in [0.717, 1.165) is 17.9 Å². The zero-order chi connectivity index (χ0) is 10.3. The van der Waals surface area contributed by atoms with Crippen LogP contribution in [0.25, 0.3) is 0 Å².